The monoisotopic (exact) mass is 424 g/mol. The second-order valence-electron chi connectivity index (χ2n) is 7.51. The summed E-state index contributed by atoms with van der Waals surface area (Å²) in [6, 6.07) is 16.1. The molecule has 7 nitrogen and oxygen atoms in total. The molecule has 1 aliphatic heterocycles. The minimum Gasteiger partial charge on any atom is -0.493 e. The first-order valence-electron chi connectivity index (χ1n) is 10.7. The lowest BCUT2D eigenvalue weighted by Gasteiger charge is -2.17. The lowest BCUT2D eigenvalue weighted by molar-refractivity contribution is -0.128. The molecule has 166 valence electrons. The van der Waals surface area contributed by atoms with E-state index in [2.05, 4.69) is 33.8 Å². The molecule has 3 rings (SSSR count). The van der Waals surface area contributed by atoms with Crippen LogP contribution in [0.5, 0.6) is 5.75 Å². The second-order valence-corrected chi connectivity index (χ2v) is 7.51. The number of nitrogens with one attached hydrogen (secondary N) is 2. The first kappa shape index (κ1) is 22.6. The number of guanidine groups is 1. The molecule has 0 atom stereocenters. The molecule has 2 aromatic rings. The number of aliphatic imine (C=N–C) groups is 1. The fourth-order valence-electron chi connectivity index (χ4n) is 3.49. The molecular formula is C24H32N4O3. The van der Waals surface area contributed by atoms with Crippen molar-refractivity contribution >= 4 is 17.6 Å². The SMILES string of the molecule is CN=C(NCc1cccc(CN2CCCC2=O)c1)Nc1cccc(OCCCOC)c1. The summed E-state index contributed by atoms with van der Waals surface area (Å²) in [5, 5.41) is 6.65. The zero-order chi connectivity index (χ0) is 21.9. The van der Waals surface area contributed by atoms with Crippen LogP contribution in [-0.2, 0) is 22.6 Å². The Labute approximate surface area is 184 Å². The minimum absolute atomic E-state index is 0.248. The zero-order valence-electron chi connectivity index (χ0n) is 18.4. The maximum Gasteiger partial charge on any atom is 0.222 e. The van der Waals surface area contributed by atoms with Gasteiger partial charge in [-0.05, 0) is 29.7 Å². The van der Waals surface area contributed by atoms with Gasteiger partial charge in [-0.15, -0.1) is 0 Å². The van der Waals surface area contributed by atoms with E-state index in [-0.39, 0.29) is 5.91 Å². The summed E-state index contributed by atoms with van der Waals surface area (Å²) in [6.07, 6.45) is 2.48. The lowest BCUT2D eigenvalue weighted by atomic mass is 10.1. The third-order valence-electron chi connectivity index (χ3n) is 5.08. The number of nitrogens with zero attached hydrogens (tertiary/aromatic N) is 2. The number of carbonyl (C=O) groups excluding carboxylic acids is 1. The van der Waals surface area contributed by atoms with Gasteiger partial charge >= 0.3 is 0 Å². The van der Waals surface area contributed by atoms with Crippen molar-refractivity contribution in [1.82, 2.24) is 10.2 Å². The summed E-state index contributed by atoms with van der Waals surface area (Å²) in [7, 11) is 3.43. The first-order valence-corrected chi connectivity index (χ1v) is 10.7. The van der Waals surface area contributed by atoms with E-state index in [1.54, 1.807) is 14.2 Å². The van der Waals surface area contributed by atoms with E-state index < -0.39 is 0 Å². The van der Waals surface area contributed by atoms with Gasteiger partial charge in [0.1, 0.15) is 5.75 Å². The average molecular weight is 425 g/mol. The van der Waals surface area contributed by atoms with Crippen LogP contribution in [0.2, 0.25) is 0 Å². The highest BCUT2D eigenvalue weighted by atomic mass is 16.5. The third kappa shape index (κ3) is 7.29. The van der Waals surface area contributed by atoms with E-state index in [0.717, 1.165) is 42.0 Å². The van der Waals surface area contributed by atoms with E-state index in [0.29, 0.717) is 38.7 Å². The van der Waals surface area contributed by atoms with Crippen LogP contribution in [0.15, 0.2) is 53.5 Å². The van der Waals surface area contributed by atoms with Crippen LogP contribution in [0, 0.1) is 0 Å². The van der Waals surface area contributed by atoms with E-state index in [1.807, 2.05) is 35.2 Å². The largest absolute Gasteiger partial charge is 0.493 e. The molecule has 0 aliphatic carbocycles. The number of likely N-dealkylation sites (tertiary alicyclic amines) is 1. The molecule has 0 unspecified atom stereocenters. The molecule has 2 N–H and O–H groups in total. The molecule has 1 amide bonds. The Hall–Kier alpha value is -3.06. The van der Waals surface area contributed by atoms with Crippen molar-refractivity contribution in [2.24, 2.45) is 4.99 Å². The summed E-state index contributed by atoms with van der Waals surface area (Å²) in [4.78, 5) is 18.1. The van der Waals surface area contributed by atoms with Gasteiger partial charge in [-0.2, -0.15) is 0 Å². The van der Waals surface area contributed by atoms with Crippen molar-refractivity contribution in [2.75, 3.05) is 39.2 Å². The van der Waals surface area contributed by atoms with Gasteiger partial charge in [0, 0.05) is 65.0 Å². The number of amides is 1. The van der Waals surface area contributed by atoms with E-state index in [4.69, 9.17) is 9.47 Å². The minimum atomic E-state index is 0.248. The van der Waals surface area contributed by atoms with Crippen molar-refractivity contribution < 1.29 is 14.3 Å². The second kappa shape index (κ2) is 12.0. The molecule has 2 aromatic carbocycles. The predicted octanol–water partition coefficient (Wildman–Crippen LogP) is 3.41. The molecule has 0 spiro atoms. The van der Waals surface area contributed by atoms with Crippen LogP contribution in [0.25, 0.3) is 0 Å². The third-order valence-corrected chi connectivity index (χ3v) is 5.08. The fourth-order valence-corrected chi connectivity index (χ4v) is 3.49. The average Bonchev–Trinajstić information content (AvgIpc) is 3.19. The van der Waals surface area contributed by atoms with Crippen molar-refractivity contribution in [2.45, 2.75) is 32.4 Å². The van der Waals surface area contributed by atoms with Gasteiger partial charge in [0.05, 0.1) is 6.61 Å². The van der Waals surface area contributed by atoms with Crippen LogP contribution < -0.4 is 15.4 Å². The normalized spacial score (nSPS) is 14.1. The molecule has 0 radical (unpaired) electrons. The van der Waals surface area contributed by atoms with E-state index in [1.165, 1.54) is 0 Å². The van der Waals surface area contributed by atoms with Crippen LogP contribution in [0.4, 0.5) is 5.69 Å². The quantitative estimate of drug-likeness (QED) is 0.347. The Morgan fingerprint density at radius 2 is 1.97 bits per heavy atom. The smallest absolute Gasteiger partial charge is 0.222 e. The standard InChI is InChI=1S/C24H32N4O3/c1-25-24(27-21-9-4-10-22(16-21)31-14-6-13-30-2)26-17-19-7-3-8-20(15-19)18-28-12-5-11-23(28)29/h3-4,7-10,15-16H,5-6,11-14,17-18H2,1-2H3,(H2,25,26,27). The Morgan fingerprint density at radius 1 is 1.13 bits per heavy atom. The summed E-state index contributed by atoms with van der Waals surface area (Å²) in [5.41, 5.74) is 3.19. The number of hydrogen-bond donors (Lipinski definition) is 2. The summed E-state index contributed by atoms with van der Waals surface area (Å²) < 4.78 is 10.8. The van der Waals surface area contributed by atoms with Gasteiger partial charge in [-0.3, -0.25) is 9.79 Å². The predicted molar refractivity (Wildman–Crippen MR) is 123 cm³/mol. The topological polar surface area (TPSA) is 75.2 Å². The Kier molecular flexibility index (Phi) is 8.72. The van der Waals surface area contributed by atoms with Crippen LogP contribution in [-0.4, -0.2) is 50.7 Å². The number of methoxy groups -OCH3 is 1. The van der Waals surface area contributed by atoms with Crippen molar-refractivity contribution in [3.05, 3.63) is 59.7 Å². The van der Waals surface area contributed by atoms with Crippen LogP contribution in [0.1, 0.15) is 30.4 Å². The Bertz CT molecular complexity index is 885. The van der Waals surface area contributed by atoms with Gasteiger partial charge in [0.15, 0.2) is 5.96 Å². The van der Waals surface area contributed by atoms with E-state index in [9.17, 15) is 4.79 Å². The lowest BCUT2D eigenvalue weighted by Crippen LogP contribution is -2.30. The zero-order valence-corrected chi connectivity index (χ0v) is 18.4. The van der Waals surface area contributed by atoms with Gasteiger partial charge in [-0.1, -0.05) is 30.3 Å². The highest BCUT2D eigenvalue weighted by molar-refractivity contribution is 5.93. The molecule has 1 fully saturated rings. The molecule has 1 heterocycles. The molecule has 1 saturated heterocycles. The van der Waals surface area contributed by atoms with Gasteiger partial charge in [0.25, 0.3) is 0 Å². The number of rotatable bonds is 10. The van der Waals surface area contributed by atoms with Crippen molar-refractivity contribution in [3.8, 4) is 5.75 Å². The first-order chi connectivity index (χ1) is 15.2. The molecule has 1 aliphatic rings. The number of ether oxygens (including phenoxy) is 2. The maximum absolute atomic E-state index is 11.9. The van der Waals surface area contributed by atoms with Crippen LogP contribution >= 0.6 is 0 Å². The number of anilines is 1. The fraction of sp³-hybridized carbons (Fsp3) is 0.417. The number of carbonyl (C=O) groups is 1. The molecule has 31 heavy (non-hydrogen) atoms. The molecule has 7 heteroatoms. The van der Waals surface area contributed by atoms with Gasteiger partial charge in [-0.25, -0.2) is 0 Å². The number of hydrogen-bond acceptors (Lipinski definition) is 4. The highest BCUT2D eigenvalue weighted by Crippen LogP contribution is 2.18. The molecule has 0 bridgehead atoms. The van der Waals surface area contributed by atoms with Gasteiger partial charge in [0.2, 0.25) is 5.91 Å². The van der Waals surface area contributed by atoms with Crippen molar-refractivity contribution in [3.63, 3.8) is 0 Å². The Balaban J connectivity index is 1.51. The number of benzene rings is 2. The molecule has 0 aromatic heterocycles. The van der Waals surface area contributed by atoms with Crippen molar-refractivity contribution in [1.29, 1.82) is 0 Å². The van der Waals surface area contributed by atoms with E-state index >= 15 is 0 Å². The van der Waals surface area contributed by atoms with Gasteiger partial charge < -0.3 is 25.0 Å². The summed E-state index contributed by atoms with van der Waals surface area (Å²) in [5.74, 6) is 1.73. The highest BCUT2D eigenvalue weighted by Gasteiger charge is 2.19. The van der Waals surface area contributed by atoms with Crippen LogP contribution in [0.3, 0.4) is 0 Å². The summed E-state index contributed by atoms with van der Waals surface area (Å²) in [6.45, 7) is 3.46. The molecular weight excluding hydrogens is 392 g/mol. The maximum atomic E-state index is 11.9. The molecule has 0 saturated carbocycles. The Morgan fingerprint density at radius 3 is 2.74 bits per heavy atom. The summed E-state index contributed by atoms with van der Waals surface area (Å²) >= 11 is 0.